The Morgan fingerprint density at radius 2 is 2.04 bits per heavy atom. The Kier molecular flexibility index (Phi) is 6.79. The van der Waals surface area contributed by atoms with E-state index in [2.05, 4.69) is 33.6 Å². The second kappa shape index (κ2) is 8.42. The molecule has 1 saturated heterocycles. The lowest BCUT2D eigenvalue weighted by molar-refractivity contribution is 0.0358. The van der Waals surface area contributed by atoms with Gasteiger partial charge >= 0.3 is 0 Å². The third kappa shape index (κ3) is 6.50. The Bertz CT molecular complexity index is 631. The van der Waals surface area contributed by atoms with Crippen LogP contribution in [-0.4, -0.2) is 68.0 Å². The topological polar surface area (TPSA) is 64.0 Å². The van der Waals surface area contributed by atoms with Gasteiger partial charge in [0.2, 0.25) is 0 Å². The molecule has 0 spiro atoms. The molecule has 1 unspecified atom stereocenters. The maximum Gasteiger partial charge on any atom is 0.185 e. The Morgan fingerprint density at radius 1 is 1.33 bits per heavy atom. The van der Waals surface area contributed by atoms with Crippen molar-refractivity contribution < 1.29 is 13.7 Å². The minimum absolute atomic E-state index is 0.533. The van der Waals surface area contributed by atoms with Crippen LogP contribution in [-0.2, 0) is 14.5 Å². The lowest BCUT2D eigenvalue weighted by Gasteiger charge is -2.26. The minimum Gasteiger partial charge on any atom is -0.492 e. The second-order valence-corrected chi connectivity index (χ2v) is 14.1. The average Bonchev–Trinajstić information content (AvgIpc) is 2.51. The van der Waals surface area contributed by atoms with Crippen molar-refractivity contribution in [2.75, 3.05) is 45.7 Å². The van der Waals surface area contributed by atoms with Gasteiger partial charge in [-0.2, -0.15) is 0 Å². The number of hydrogen-bond donors (Lipinski definition) is 0. The molecule has 8 heteroatoms. The highest BCUT2D eigenvalue weighted by Crippen LogP contribution is 2.17. The van der Waals surface area contributed by atoms with Gasteiger partial charge < -0.3 is 9.47 Å². The molecular weight excluding hydrogens is 342 g/mol. The summed E-state index contributed by atoms with van der Waals surface area (Å²) in [4.78, 5) is 6.69. The van der Waals surface area contributed by atoms with Crippen molar-refractivity contribution in [3.8, 4) is 5.75 Å². The number of nitrogens with zero attached hydrogens (tertiary/aromatic N) is 3. The van der Waals surface area contributed by atoms with Gasteiger partial charge in [0.25, 0.3) is 0 Å². The molecule has 1 aliphatic heterocycles. The molecule has 1 aromatic heterocycles. The lowest BCUT2D eigenvalue weighted by Crippen LogP contribution is -2.37. The molecule has 0 saturated carbocycles. The van der Waals surface area contributed by atoms with E-state index in [9.17, 15) is 4.21 Å². The monoisotopic (exact) mass is 371 g/mol. The van der Waals surface area contributed by atoms with Gasteiger partial charge in [-0.3, -0.25) is 8.93 Å². The smallest absolute Gasteiger partial charge is 0.185 e. The van der Waals surface area contributed by atoms with Crippen molar-refractivity contribution in [1.82, 2.24) is 9.88 Å². The quantitative estimate of drug-likeness (QED) is 0.544. The zero-order valence-corrected chi connectivity index (χ0v) is 17.0. The second-order valence-electron chi connectivity index (χ2n) is 7.05. The van der Waals surface area contributed by atoms with E-state index in [0.29, 0.717) is 17.4 Å². The first-order valence-electron chi connectivity index (χ1n) is 8.39. The molecule has 24 heavy (non-hydrogen) atoms. The predicted molar refractivity (Wildman–Crippen MR) is 99.7 cm³/mol. The van der Waals surface area contributed by atoms with E-state index in [0.717, 1.165) is 39.3 Å². The van der Waals surface area contributed by atoms with Crippen LogP contribution in [0.3, 0.4) is 0 Å². The first-order chi connectivity index (χ1) is 11.3. The van der Waals surface area contributed by atoms with Crippen LogP contribution in [0.1, 0.15) is 6.42 Å². The molecule has 2 rings (SSSR count). The summed E-state index contributed by atoms with van der Waals surface area (Å²) in [6, 6.07) is 3.60. The fourth-order valence-electron chi connectivity index (χ4n) is 2.55. The highest BCUT2D eigenvalue weighted by molar-refractivity contribution is 7.93. The van der Waals surface area contributed by atoms with Crippen LogP contribution in [0.5, 0.6) is 5.75 Å². The number of hydrogen-bond acceptors (Lipinski definition) is 6. The summed E-state index contributed by atoms with van der Waals surface area (Å²) in [6.45, 7) is 11.5. The molecule has 1 aliphatic rings. The van der Waals surface area contributed by atoms with Crippen molar-refractivity contribution in [2.24, 2.45) is 4.03 Å². The standard InChI is InChI=1S/C16H29N3O3SSi/c1-23(20,18-24(2,3)4)16-7-6-15(14-17-16)22-11-5-8-19-9-12-21-13-10-19/h6-7,14H,5,8-13H2,1-4H3. The third-order valence-corrected chi connectivity index (χ3v) is 8.14. The molecule has 6 nitrogen and oxygen atoms in total. The van der Waals surface area contributed by atoms with Gasteiger partial charge in [-0.05, 0) is 38.2 Å². The number of ether oxygens (including phenoxy) is 2. The van der Waals surface area contributed by atoms with Crippen molar-refractivity contribution in [3.05, 3.63) is 18.3 Å². The van der Waals surface area contributed by atoms with Gasteiger partial charge in [0.1, 0.15) is 10.8 Å². The van der Waals surface area contributed by atoms with Gasteiger partial charge in [-0.1, -0.05) is 0 Å². The van der Waals surface area contributed by atoms with Gasteiger partial charge in [0.15, 0.2) is 8.24 Å². The van der Waals surface area contributed by atoms with E-state index in [1.165, 1.54) is 0 Å². The van der Waals surface area contributed by atoms with E-state index in [-0.39, 0.29) is 0 Å². The van der Waals surface area contributed by atoms with Crippen LogP contribution < -0.4 is 4.74 Å². The molecule has 1 fully saturated rings. The molecule has 0 aliphatic carbocycles. The third-order valence-electron chi connectivity index (χ3n) is 3.54. The van der Waals surface area contributed by atoms with E-state index < -0.39 is 18.0 Å². The van der Waals surface area contributed by atoms with Crippen LogP contribution in [0, 0.1) is 0 Å². The molecule has 0 N–H and O–H groups in total. The SMILES string of the molecule is C[Si](C)(C)N=S(C)(=O)c1ccc(OCCCN2CCOCC2)cn1. The van der Waals surface area contributed by atoms with Crippen molar-refractivity contribution >= 4 is 18.0 Å². The number of rotatable bonds is 7. The summed E-state index contributed by atoms with van der Waals surface area (Å²) in [5, 5.41) is 0.533. The van der Waals surface area contributed by atoms with E-state index in [4.69, 9.17) is 9.47 Å². The van der Waals surface area contributed by atoms with E-state index in [1.54, 1.807) is 18.5 Å². The van der Waals surface area contributed by atoms with Crippen LogP contribution >= 0.6 is 0 Å². The van der Waals surface area contributed by atoms with Crippen LogP contribution in [0.2, 0.25) is 19.6 Å². The molecule has 0 amide bonds. The Hall–Kier alpha value is -0.963. The van der Waals surface area contributed by atoms with Gasteiger partial charge in [-0.15, -0.1) is 0 Å². The molecule has 1 aromatic rings. The lowest BCUT2D eigenvalue weighted by atomic mass is 10.3. The largest absolute Gasteiger partial charge is 0.492 e. The number of aromatic nitrogens is 1. The van der Waals surface area contributed by atoms with Crippen LogP contribution in [0.4, 0.5) is 0 Å². The van der Waals surface area contributed by atoms with Gasteiger partial charge in [0, 0.05) is 25.9 Å². The van der Waals surface area contributed by atoms with Crippen LogP contribution in [0.15, 0.2) is 27.4 Å². The molecule has 1 atom stereocenters. The van der Waals surface area contributed by atoms with E-state index in [1.807, 2.05) is 6.07 Å². The Balaban J connectivity index is 1.83. The number of pyridine rings is 1. The fourth-order valence-corrected chi connectivity index (χ4v) is 7.67. The summed E-state index contributed by atoms with van der Waals surface area (Å²) in [7, 11) is -4.19. The summed E-state index contributed by atoms with van der Waals surface area (Å²) in [6.07, 6.45) is 4.28. The molecule has 2 heterocycles. The Labute approximate surface area is 146 Å². The first kappa shape index (κ1) is 19.4. The average molecular weight is 372 g/mol. The molecule has 0 bridgehead atoms. The summed E-state index contributed by atoms with van der Waals surface area (Å²) < 4.78 is 28.3. The number of morpholine rings is 1. The van der Waals surface area contributed by atoms with Crippen LogP contribution in [0.25, 0.3) is 0 Å². The molecular formula is C16H29N3O3SSi. The maximum atomic E-state index is 12.7. The molecule has 0 aromatic carbocycles. The molecule has 136 valence electrons. The van der Waals surface area contributed by atoms with Gasteiger partial charge in [-0.25, -0.2) is 9.19 Å². The zero-order chi connectivity index (χ0) is 17.6. The van der Waals surface area contributed by atoms with Crippen molar-refractivity contribution in [2.45, 2.75) is 31.1 Å². The highest BCUT2D eigenvalue weighted by Gasteiger charge is 2.17. The normalized spacial score (nSPS) is 18.8. The maximum absolute atomic E-state index is 12.7. The van der Waals surface area contributed by atoms with Gasteiger partial charge in [0.05, 0.1) is 35.7 Å². The zero-order valence-electron chi connectivity index (χ0n) is 15.2. The van der Waals surface area contributed by atoms with E-state index >= 15 is 0 Å². The molecule has 0 radical (unpaired) electrons. The summed E-state index contributed by atoms with van der Waals surface area (Å²) in [5.41, 5.74) is 0. The first-order valence-corrected chi connectivity index (χ1v) is 13.8. The fraction of sp³-hybridized carbons (Fsp3) is 0.688. The van der Waals surface area contributed by atoms with Crippen molar-refractivity contribution in [3.63, 3.8) is 0 Å². The predicted octanol–water partition coefficient (Wildman–Crippen LogP) is 2.47. The summed E-state index contributed by atoms with van der Waals surface area (Å²) >= 11 is 0. The Morgan fingerprint density at radius 3 is 2.62 bits per heavy atom. The minimum atomic E-state index is -2.42. The highest BCUT2D eigenvalue weighted by atomic mass is 32.2. The summed E-state index contributed by atoms with van der Waals surface area (Å²) in [5.74, 6) is 0.712. The van der Waals surface area contributed by atoms with Crippen molar-refractivity contribution in [1.29, 1.82) is 0 Å².